The Morgan fingerprint density at radius 1 is 1.09 bits per heavy atom. The number of rotatable bonds is 9. The van der Waals surface area contributed by atoms with E-state index < -0.39 is 11.9 Å². The van der Waals surface area contributed by atoms with Crippen LogP contribution in [0, 0.1) is 12.7 Å². The lowest BCUT2D eigenvalue weighted by atomic mass is 9.95. The molecule has 5 nitrogen and oxygen atoms in total. The van der Waals surface area contributed by atoms with Gasteiger partial charge in [-0.3, -0.25) is 9.59 Å². The molecule has 2 amide bonds. The number of halogens is 1. The first-order valence-electron chi connectivity index (χ1n) is 11.5. The fourth-order valence-corrected chi connectivity index (χ4v) is 4.14. The van der Waals surface area contributed by atoms with Gasteiger partial charge in [0.15, 0.2) is 18.2 Å². The highest BCUT2D eigenvalue weighted by atomic mass is 19.1. The number of ether oxygens (including phenoxy) is 1. The van der Waals surface area contributed by atoms with Gasteiger partial charge in [-0.15, -0.1) is 0 Å². The van der Waals surface area contributed by atoms with Crippen molar-refractivity contribution >= 4 is 11.8 Å². The van der Waals surface area contributed by atoms with Crippen LogP contribution in [0.4, 0.5) is 4.39 Å². The first kappa shape index (κ1) is 23.8. The van der Waals surface area contributed by atoms with Gasteiger partial charge >= 0.3 is 0 Å². The van der Waals surface area contributed by atoms with Crippen LogP contribution in [0.1, 0.15) is 56.6 Å². The SMILES string of the molecule is CC[C@H](C(=O)NC1CCCCC1)N(Cc1ccc(C)cc1)C(=O)COc1ccccc1F. The summed E-state index contributed by atoms with van der Waals surface area (Å²) in [6.07, 6.45) is 5.87. The zero-order valence-corrected chi connectivity index (χ0v) is 19.0. The average molecular weight is 441 g/mol. The van der Waals surface area contributed by atoms with Crippen molar-refractivity contribution in [2.45, 2.75) is 71.0 Å². The van der Waals surface area contributed by atoms with Gasteiger partial charge in [-0.2, -0.15) is 0 Å². The second-order valence-electron chi connectivity index (χ2n) is 8.49. The van der Waals surface area contributed by atoms with Crippen molar-refractivity contribution in [3.8, 4) is 5.75 Å². The predicted octanol–water partition coefficient (Wildman–Crippen LogP) is 4.77. The largest absolute Gasteiger partial charge is 0.481 e. The minimum absolute atomic E-state index is 0.0239. The van der Waals surface area contributed by atoms with Gasteiger partial charge in [-0.25, -0.2) is 4.39 Å². The number of carbonyl (C=O) groups excluding carboxylic acids is 2. The Labute approximate surface area is 190 Å². The van der Waals surface area contributed by atoms with E-state index in [1.165, 1.54) is 18.6 Å². The molecule has 2 aromatic rings. The third-order valence-electron chi connectivity index (χ3n) is 6.00. The standard InChI is InChI=1S/C26H33FN2O3/c1-3-23(26(31)28-21-9-5-4-6-10-21)29(17-20-15-13-19(2)14-16-20)25(30)18-32-24-12-8-7-11-22(24)27/h7-8,11-16,21,23H,3-6,9-10,17-18H2,1-2H3,(H,28,31)/t23-/m1/s1. The van der Waals surface area contributed by atoms with Crippen LogP contribution in [-0.2, 0) is 16.1 Å². The quantitative estimate of drug-likeness (QED) is 0.611. The van der Waals surface area contributed by atoms with Crippen LogP contribution in [0.5, 0.6) is 5.75 Å². The van der Waals surface area contributed by atoms with Gasteiger partial charge < -0.3 is 15.0 Å². The highest BCUT2D eigenvalue weighted by Gasteiger charge is 2.30. The molecule has 1 N–H and O–H groups in total. The lowest BCUT2D eigenvalue weighted by molar-refractivity contribution is -0.143. The lowest BCUT2D eigenvalue weighted by Crippen LogP contribution is -2.52. The molecule has 0 unspecified atom stereocenters. The van der Waals surface area contributed by atoms with E-state index in [0.717, 1.165) is 36.8 Å². The van der Waals surface area contributed by atoms with E-state index in [0.29, 0.717) is 6.42 Å². The van der Waals surface area contributed by atoms with E-state index >= 15 is 0 Å². The number of carbonyl (C=O) groups is 2. The van der Waals surface area contributed by atoms with Crippen molar-refractivity contribution in [1.29, 1.82) is 0 Å². The first-order valence-corrected chi connectivity index (χ1v) is 11.5. The van der Waals surface area contributed by atoms with E-state index in [4.69, 9.17) is 4.74 Å². The van der Waals surface area contributed by atoms with Crippen LogP contribution >= 0.6 is 0 Å². The predicted molar refractivity (Wildman–Crippen MR) is 123 cm³/mol. The molecule has 0 bridgehead atoms. The molecule has 32 heavy (non-hydrogen) atoms. The Balaban J connectivity index is 1.75. The second-order valence-corrected chi connectivity index (χ2v) is 8.49. The number of nitrogens with one attached hydrogen (secondary N) is 1. The monoisotopic (exact) mass is 440 g/mol. The van der Waals surface area contributed by atoms with Crippen LogP contribution in [0.15, 0.2) is 48.5 Å². The number of hydrogen-bond acceptors (Lipinski definition) is 3. The molecule has 1 saturated carbocycles. The number of para-hydroxylation sites is 1. The molecule has 0 radical (unpaired) electrons. The smallest absolute Gasteiger partial charge is 0.261 e. The minimum atomic E-state index is -0.616. The van der Waals surface area contributed by atoms with E-state index in [9.17, 15) is 14.0 Å². The Morgan fingerprint density at radius 2 is 1.78 bits per heavy atom. The third-order valence-corrected chi connectivity index (χ3v) is 6.00. The Morgan fingerprint density at radius 3 is 2.44 bits per heavy atom. The molecule has 1 aliphatic carbocycles. The number of hydrogen-bond donors (Lipinski definition) is 1. The normalized spacial score (nSPS) is 15.1. The van der Waals surface area contributed by atoms with E-state index in [2.05, 4.69) is 5.32 Å². The summed E-state index contributed by atoms with van der Waals surface area (Å²) in [5.41, 5.74) is 2.05. The highest BCUT2D eigenvalue weighted by molar-refractivity contribution is 5.88. The van der Waals surface area contributed by atoms with Crippen LogP contribution in [0.2, 0.25) is 0 Å². The van der Waals surface area contributed by atoms with Crippen LogP contribution in [-0.4, -0.2) is 35.4 Å². The minimum Gasteiger partial charge on any atom is -0.481 e. The van der Waals surface area contributed by atoms with E-state index in [-0.39, 0.29) is 36.8 Å². The third kappa shape index (κ3) is 6.55. The number of nitrogens with zero attached hydrogens (tertiary/aromatic N) is 1. The molecule has 3 rings (SSSR count). The van der Waals surface area contributed by atoms with E-state index in [1.54, 1.807) is 17.0 Å². The van der Waals surface area contributed by atoms with Gasteiger partial charge in [0.2, 0.25) is 5.91 Å². The maximum Gasteiger partial charge on any atom is 0.261 e. The zero-order chi connectivity index (χ0) is 22.9. The molecule has 1 aliphatic rings. The summed E-state index contributed by atoms with van der Waals surface area (Å²) in [4.78, 5) is 27.9. The van der Waals surface area contributed by atoms with E-state index in [1.807, 2.05) is 38.1 Å². The first-order chi connectivity index (χ1) is 15.5. The van der Waals surface area contributed by atoms with Crippen molar-refractivity contribution < 1.29 is 18.7 Å². The molecule has 2 aromatic carbocycles. The lowest BCUT2D eigenvalue weighted by Gasteiger charge is -2.32. The summed E-state index contributed by atoms with van der Waals surface area (Å²) in [5.74, 6) is -0.978. The van der Waals surface area contributed by atoms with Gasteiger partial charge in [0.05, 0.1) is 0 Å². The van der Waals surface area contributed by atoms with Crippen molar-refractivity contribution in [3.05, 3.63) is 65.5 Å². The van der Waals surface area contributed by atoms with Crippen molar-refractivity contribution in [3.63, 3.8) is 0 Å². The second kappa shape index (κ2) is 11.7. The Hall–Kier alpha value is -2.89. The summed E-state index contributed by atoms with van der Waals surface area (Å²) in [6, 6.07) is 13.4. The Bertz CT molecular complexity index is 894. The molecular formula is C26H33FN2O3. The summed E-state index contributed by atoms with van der Waals surface area (Å²) in [6.45, 7) is 3.86. The fraction of sp³-hybridized carbons (Fsp3) is 0.462. The molecule has 6 heteroatoms. The molecule has 0 aromatic heterocycles. The molecule has 0 saturated heterocycles. The van der Waals surface area contributed by atoms with Crippen molar-refractivity contribution in [2.75, 3.05) is 6.61 Å². The summed E-state index contributed by atoms with van der Waals surface area (Å²) in [7, 11) is 0. The Kier molecular flexibility index (Phi) is 8.65. The number of benzene rings is 2. The van der Waals surface area contributed by atoms with Crippen molar-refractivity contribution in [2.24, 2.45) is 0 Å². The van der Waals surface area contributed by atoms with Crippen LogP contribution in [0.25, 0.3) is 0 Å². The fourth-order valence-electron chi connectivity index (χ4n) is 4.14. The van der Waals surface area contributed by atoms with Gasteiger partial charge in [-0.1, -0.05) is 68.1 Å². The summed E-state index contributed by atoms with van der Waals surface area (Å²) < 4.78 is 19.4. The molecule has 0 aliphatic heterocycles. The van der Waals surface area contributed by atoms with Gasteiger partial charge in [-0.05, 0) is 43.9 Å². The van der Waals surface area contributed by atoms with Gasteiger partial charge in [0.1, 0.15) is 6.04 Å². The van der Waals surface area contributed by atoms with Crippen molar-refractivity contribution in [1.82, 2.24) is 10.2 Å². The molecular weight excluding hydrogens is 407 g/mol. The molecule has 172 valence electrons. The number of aryl methyl sites for hydroxylation is 1. The molecule has 1 atom stereocenters. The van der Waals surface area contributed by atoms with Crippen LogP contribution in [0.3, 0.4) is 0 Å². The number of amides is 2. The topological polar surface area (TPSA) is 58.6 Å². The molecule has 0 spiro atoms. The molecule has 1 fully saturated rings. The summed E-state index contributed by atoms with van der Waals surface area (Å²) in [5, 5.41) is 3.15. The van der Waals surface area contributed by atoms with Gasteiger partial charge in [0, 0.05) is 12.6 Å². The summed E-state index contributed by atoms with van der Waals surface area (Å²) >= 11 is 0. The van der Waals surface area contributed by atoms with Crippen LogP contribution < -0.4 is 10.1 Å². The maximum absolute atomic E-state index is 13.9. The van der Waals surface area contributed by atoms with Gasteiger partial charge in [0.25, 0.3) is 5.91 Å². The zero-order valence-electron chi connectivity index (χ0n) is 19.0. The maximum atomic E-state index is 13.9. The highest BCUT2D eigenvalue weighted by Crippen LogP contribution is 2.20. The average Bonchev–Trinajstić information content (AvgIpc) is 2.80. The molecule has 0 heterocycles.